The van der Waals surface area contributed by atoms with Crippen LogP contribution in [0.4, 0.5) is 10.6 Å². The second-order valence-corrected chi connectivity index (χ2v) is 9.14. The number of carbonyl (C=O) groups excluding carboxylic acids is 2. The van der Waals surface area contributed by atoms with Crippen LogP contribution in [0.25, 0.3) is 0 Å². The molecule has 4 rings (SSSR count). The summed E-state index contributed by atoms with van der Waals surface area (Å²) in [7, 11) is 0. The number of nitrogens with one attached hydrogen (secondary N) is 1. The highest BCUT2D eigenvalue weighted by atomic mass is 16.5. The second-order valence-electron chi connectivity index (χ2n) is 9.14. The fourth-order valence-electron chi connectivity index (χ4n) is 5.05. The molecule has 0 spiro atoms. The normalized spacial score (nSPS) is 20.9. The van der Waals surface area contributed by atoms with Gasteiger partial charge >= 0.3 is 12.0 Å². The van der Waals surface area contributed by atoms with Crippen molar-refractivity contribution in [2.75, 3.05) is 11.9 Å². The molecule has 2 atom stereocenters. The summed E-state index contributed by atoms with van der Waals surface area (Å²) in [5, 5.41) is 4.31. The number of benzene rings is 1. The van der Waals surface area contributed by atoms with E-state index in [1.54, 1.807) is 11.5 Å². The molecule has 1 aromatic carbocycles. The van der Waals surface area contributed by atoms with E-state index in [-0.39, 0.29) is 24.0 Å². The molecule has 0 bridgehead atoms. The van der Waals surface area contributed by atoms with Gasteiger partial charge in [0.15, 0.2) is 5.82 Å². The lowest BCUT2D eigenvalue weighted by molar-refractivity contribution is -0.553. The number of urea groups is 1. The Kier molecular flexibility index (Phi) is 9.97. The summed E-state index contributed by atoms with van der Waals surface area (Å²) in [4.78, 5) is 33.7. The average Bonchev–Trinajstić information content (AvgIpc) is 3.16. The van der Waals surface area contributed by atoms with Crippen LogP contribution >= 0.6 is 0 Å². The smallest absolute Gasteiger partial charge is 0.418 e. The maximum Gasteiger partial charge on any atom is 0.418 e. The summed E-state index contributed by atoms with van der Waals surface area (Å²) in [5.41, 5.74) is 1.60. The molecule has 7 nitrogen and oxygen atoms in total. The molecular formula is C28H39N4O3+. The van der Waals surface area contributed by atoms with Gasteiger partial charge < -0.3 is 4.74 Å². The molecule has 1 aromatic heterocycles. The van der Waals surface area contributed by atoms with Gasteiger partial charge in [-0.2, -0.15) is 0 Å². The number of aromatic nitrogens is 2. The van der Waals surface area contributed by atoms with Gasteiger partial charge in [-0.25, -0.2) is 9.78 Å². The van der Waals surface area contributed by atoms with Crippen LogP contribution in [-0.4, -0.2) is 34.6 Å². The van der Waals surface area contributed by atoms with E-state index in [0.717, 1.165) is 56.1 Å². The minimum atomic E-state index is -0.554. The van der Waals surface area contributed by atoms with Crippen LogP contribution in [0.3, 0.4) is 0 Å². The second kappa shape index (κ2) is 13.1. The Bertz CT molecular complexity index is 957. The minimum absolute atomic E-state index is 0.0909. The molecule has 0 saturated heterocycles. The zero-order valence-corrected chi connectivity index (χ0v) is 21.0. The number of amides is 2. The first-order chi connectivity index (χ1) is 17.1. The summed E-state index contributed by atoms with van der Waals surface area (Å²) in [5.74, 6) is 0.420. The zero-order chi connectivity index (χ0) is 25.1. The van der Waals surface area contributed by atoms with Gasteiger partial charge in [-0.05, 0) is 18.4 Å². The molecule has 188 valence electrons. The van der Waals surface area contributed by atoms with E-state index in [9.17, 15) is 9.59 Å². The van der Waals surface area contributed by atoms with Crippen LogP contribution in [0.5, 0.6) is 0 Å². The number of nitrogens with zero attached hydrogens (tertiary/aromatic N) is 2. The predicted molar refractivity (Wildman–Crippen MR) is 137 cm³/mol. The Hall–Kier alpha value is -3.06. The molecule has 2 fully saturated rings. The van der Waals surface area contributed by atoms with Gasteiger partial charge in [-0.15, -0.1) is 0 Å². The third-order valence-electron chi connectivity index (χ3n) is 6.99. The summed E-state index contributed by atoms with van der Waals surface area (Å²) in [6.07, 6.45) is 11.9. The van der Waals surface area contributed by atoms with Gasteiger partial charge in [0.1, 0.15) is 6.10 Å². The highest BCUT2D eigenvalue weighted by molar-refractivity contribution is 5.83. The van der Waals surface area contributed by atoms with Crippen LogP contribution in [-0.2, 0) is 14.9 Å². The van der Waals surface area contributed by atoms with E-state index < -0.39 is 5.41 Å². The van der Waals surface area contributed by atoms with Crippen molar-refractivity contribution in [3.63, 3.8) is 0 Å². The fraction of sp³-hybridized carbons (Fsp3) is 0.500. The first kappa shape index (κ1) is 26.5. The predicted octanol–water partition coefficient (Wildman–Crippen LogP) is 4.77. The van der Waals surface area contributed by atoms with E-state index in [1.807, 2.05) is 32.0 Å². The standard InChI is InChI=1S/C26H32N4O3.C2H6/c1-19-17-22(21(19)11-14-29-25(32)30-23-18-27-15-16-28-23)33-24(31)26(12-7-2-3-8-13-26)20-9-5-4-6-10-20;1-2/h4-6,9-10,15-16,18,21-22H,1-3,7-8,11-14,17H2,(H2,28,29,30,32);1-2H3/p+1. The molecule has 2 aliphatic rings. The van der Waals surface area contributed by atoms with E-state index in [0.29, 0.717) is 18.8 Å². The van der Waals surface area contributed by atoms with Crippen molar-refractivity contribution in [3.05, 3.63) is 66.6 Å². The largest absolute Gasteiger partial charge is 0.461 e. The monoisotopic (exact) mass is 479 g/mol. The Morgan fingerprint density at radius 1 is 1.11 bits per heavy atom. The zero-order valence-electron chi connectivity index (χ0n) is 21.0. The number of quaternary nitrogens is 1. The molecule has 0 radical (unpaired) electrons. The Morgan fingerprint density at radius 2 is 1.83 bits per heavy atom. The Morgan fingerprint density at radius 3 is 2.46 bits per heavy atom. The topological polar surface area (TPSA) is 97.8 Å². The van der Waals surface area contributed by atoms with E-state index in [1.165, 1.54) is 12.4 Å². The SMILES string of the molecule is C=C1CC(OC(=O)C2(c3ccccc3)CCCCCC2)C1CC[NH2+]C(=O)Nc1cnccn1.CC. The summed E-state index contributed by atoms with van der Waals surface area (Å²) < 4.78 is 6.14. The fourth-order valence-corrected chi connectivity index (χ4v) is 5.05. The van der Waals surface area contributed by atoms with Gasteiger partial charge in [-0.1, -0.05) is 82.0 Å². The average molecular weight is 480 g/mol. The van der Waals surface area contributed by atoms with Gasteiger partial charge in [-0.3, -0.25) is 20.4 Å². The molecule has 2 aromatic rings. The lowest BCUT2D eigenvalue weighted by atomic mass is 9.72. The number of nitrogens with two attached hydrogens (primary N) is 1. The lowest BCUT2D eigenvalue weighted by Crippen LogP contribution is -2.89. The molecule has 35 heavy (non-hydrogen) atoms. The number of hydrogen-bond donors (Lipinski definition) is 2. The highest BCUT2D eigenvalue weighted by Crippen LogP contribution is 2.43. The molecule has 3 N–H and O–H groups in total. The molecule has 1 heterocycles. The number of primary amides is 1. The van der Waals surface area contributed by atoms with E-state index in [4.69, 9.17) is 4.74 Å². The summed E-state index contributed by atoms with van der Waals surface area (Å²) in [6, 6.07) is 9.91. The highest BCUT2D eigenvalue weighted by Gasteiger charge is 2.46. The molecule has 2 amide bonds. The number of anilines is 1. The third-order valence-corrected chi connectivity index (χ3v) is 6.99. The third kappa shape index (κ3) is 6.75. The lowest BCUT2D eigenvalue weighted by Gasteiger charge is -2.41. The number of rotatable bonds is 7. The van der Waals surface area contributed by atoms with Crippen molar-refractivity contribution < 1.29 is 19.6 Å². The molecular weight excluding hydrogens is 440 g/mol. The number of esters is 1. The van der Waals surface area contributed by atoms with Crippen LogP contribution in [0.15, 0.2) is 61.1 Å². The number of hydrogen-bond acceptors (Lipinski definition) is 5. The van der Waals surface area contributed by atoms with Crippen LogP contribution in [0.2, 0.25) is 0 Å². The van der Waals surface area contributed by atoms with Crippen LogP contribution in [0.1, 0.15) is 70.8 Å². The van der Waals surface area contributed by atoms with Crippen molar-refractivity contribution in [1.29, 1.82) is 0 Å². The Labute approximate surface area is 208 Å². The first-order valence-corrected chi connectivity index (χ1v) is 12.9. The van der Waals surface area contributed by atoms with Crippen molar-refractivity contribution in [2.45, 2.75) is 76.7 Å². The van der Waals surface area contributed by atoms with Crippen LogP contribution < -0.4 is 10.6 Å². The van der Waals surface area contributed by atoms with Crippen LogP contribution in [0, 0.1) is 5.92 Å². The maximum atomic E-state index is 13.6. The number of carbonyl (C=O) groups is 2. The van der Waals surface area contributed by atoms with Gasteiger partial charge in [0.2, 0.25) is 0 Å². The molecule has 7 heteroatoms. The van der Waals surface area contributed by atoms with Gasteiger partial charge in [0.25, 0.3) is 0 Å². The quantitative estimate of drug-likeness (QED) is 0.339. The molecule has 2 aliphatic carbocycles. The maximum absolute atomic E-state index is 13.6. The molecule has 2 saturated carbocycles. The minimum Gasteiger partial charge on any atom is -0.461 e. The van der Waals surface area contributed by atoms with Crippen molar-refractivity contribution >= 4 is 17.8 Å². The first-order valence-electron chi connectivity index (χ1n) is 12.9. The number of ether oxygens (including phenoxy) is 1. The van der Waals surface area contributed by atoms with Crippen molar-refractivity contribution in [3.8, 4) is 0 Å². The van der Waals surface area contributed by atoms with E-state index in [2.05, 4.69) is 34.0 Å². The van der Waals surface area contributed by atoms with Gasteiger partial charge in [0, 0.05) is 31.2 Å². The Balaban J connectivity index is 0.00000167. The summed E-state index contributed by atoms with van der Waals surface area (Å²) in [6.45, 7) is 8.72. The van der Waals surface area contributed by atoms with Crippen molar-refractivity contribution in [1.82, 2.24) is 9.97 Å². The summed E-state index contributed by atoms with van der Waals surface area (Å²) >= 11 is 0. The molecule has 2 unspecified atom stereocenters. The molecule has 0 aliphatic heterocycles. The van der Waals surface area contributed by atoms with Crippen molar-refractivity contribution in [2.24, 2.45) is 5.92 Å². The van der Waals surface area contributed by atoms with Gasteiger partial charge in [0.05, 0.1) is 18.2 Å². The van der Waals surface area contributed by atoms with E-state index >= 15 is 0 Å².